The molecule has 70 valence electrons. The van der Waals surface area contributed by atoms with Crippen LogP contribution in [0.2, 0.25) is 0 Å². The lowest BCUT2D eigenvalue weighted by molar-refractivity contribution is 0.0692. The zero-order valence-corrected chi connectivity index (χ0v) is 8.33. The SMILES string of the molecule is COc1ccc(O)c(C(=O)O)c1Br. The van der Waals surface area contributed by atoms with E-state index < -0.39 is 5.97 Å². The highest BCUT2D eigenvalue weighted by molar-refractivity contribution is 9.10. The third-order valence-corrected chi connectivity index (χ3v) is 2.31. The molecule has 0 heterocycles. The molecule has 0 aliphatic rings. The Morgan fingerprint density at radius 1 is 1.54 bits per heavy atom. The van der Waals surface area contributed by atoms with Gasteiger partial charge in [0.15, 0.2) is 0 Å². The van der Waals surface area contributed by atoms with E-state index in [-0.39, 0.29) is 15.8 Å². The Bertz CT molecular complexity index is 348. The number of rotatable bonds is 2. The minimum atomic E-state index is -1.21. The molecule has 0 fully saturated rings. The second-order valence-corrected chi connectivity index (χ2v) is 3.07. The molecule has 13 heavy (non-hydrogen) atoms. The normalized spacial score (nSPS) is 9.69. The Labute approximate surface area is 82.9 Å². The molecule has 0 spiro atoms. The first-order valence-electron chi connectivity index (χ1n) is 3.36. The van der Waals surface area contributed by atoms with E-state index in [4.69, 9.17) is 9.84 Å². The van der Waals surface area contributed by atoms with Gasteiger partial charge in [0.2, 0.25) is 0 Å². The molecule has 0 saturated heterocycles. The van der Waals surface area contributed by atoms with Crippen LogP contribution in [0.25, 0.3) is 0 Å². The van der Waals surface area contributed by atoms with Crippen molar-refractivity contribution in [3.8, 4) is 11.5 Å². The molecular weight excluding hydrogens is 240 g/mol. The minimum Gasteiger partial charge on any atom is -0.507 e. The highest BCUT2D eigenvalue weighted by Crippen LogP contribution is 2.34. The van der Waals surface area contributed by atoms with Gasteiger partial charge in [-0.05, 0) is 28.1 Å². The van der Waals surface area contributed by atoms with Crippen LogP contribution in [0, 0.1) is 0 Å². The summed E-state index contributed by atoms with van der Waals surface area (Å²) in [4.78, 5) is 10.7. The second-order valence-electron chi connectivity index (χ2n) is 2.28. The van der Waals surface area contributed by atoms with E-state index in [0.29, 0.717) is 5.75 Å². The fourth-order valence-electron chi connectivity index (χ4n) is 0.908. The number of carboxylic acids is 1. The summed E-state index contributed by atoms with van der Waals surface area (Å²) in [5.41, 5.74) is -0.195. The number of hydrogen-bond acceptors (Lipinski definition) is 3. The Morgan fingerprint density at radius 3 is 2.62 bits per heavy atom. The molecule has 1 rings (SSSR count). The summed E-state index contributed by atoms with van der Waals surface area (Å²) in [5.74, 6) is -1.13. The second kappa shape index (κ2) is 3.66. The number of ether oxygens (including phenoxy) is 1. The molecule has 0 aliphatic heterocycles. The lowest BCUT2D eigenvalue weighted by Gasteiger charge is -2.06. The molecule has 0 amide bonds. The third kappa shape index (κ3) is 1.75. The average Bonchev–Trinajstić information content (AvgIpc) is 2.04. The van der Waals surface area contributed by atoms with Crippen LogP contribution >= 0.6 is 15.9 Å². The van der Waals surface area contributed by atoms with Gasteiger partial charge < -0.3 is 14.9 Å². The summed E-state index contributed by atoms with van der Waals surface area (Å²) in [6, 6.07) is 2.75. The van der Waals surface area contributed by atoms with Gasteiger partial charge in [-0.25, -0.2) is 4.79 Å². The molecule has 5 heteroatoms. The number of carboxylic acid groups (broad SMARTS) is 1. The summed E-state index contributed by atoms with van der Waals surface area (Å²) in [6.45, 7) is 0. The van der Waals surface area contributed by atoms with Crippen molar-refractivity contribution >= 4 is 21.9 Å². The summed E-state index contributed by atoms with van der Waals surface area (Å²) >= 11 is 3.03. The predicted octanol–water partition coefficient (Wildman–Crippen LogP) is 1.86. The monoisotopic (exact) mass is 246 g/mol. The van der Waals surface area contributed by atoms with Crippen LogP contribution in [0.4, 0.5) is 0 Å². The van der Waals surface area contributed by atoms with E-state index in [0.717, 1.165) is 0 Å². The van der Waals surface area contributed by atoms with Crippen LogP contribution < -0.4 is 4.74 Å². The number of aromatic carboxylic acids is 1. The largest absolute Gasteiger partial charge is 0.507 e. The van der Waals surface area contributed by atoms with Crippen LogP contribution in [-0.4, -0.2) is 23.3 Å². The van der Waals surface area contributed by atoms with Crippen molar-refractivity contribution in [2.45, 2.75) is 0 Å². The van der Waals surface area contributed by atoms with E-state index >= 15 is 0 Å². The van der Waals surface area contributed by atoms with E-state index in [1.54, 1.807) is 0 Å². The van der Waals surface area contributed by atoms with E-state index in [9.17, 15) is 9.90 Å². The van der Waals surface area contributed by atoms with Gasteiger partial charge in [-0.2, -0.15) is 0 Å². The highest BCUT2D eigenvalue weighted by atomic mass is 79.9. The van der Waals surface area contributed by atoms with Gasteiger partial charge in [0.05, 0.1) is 11.6 Å². The zero-order valence-electron chi connectivity index (χ0n) is 6.74. The van der Waals surface area contributed by atoms with Crippen LogP contribution in [0.15, 0.2) is 16.6 Å². The fraction of sp³-hybridized carbons (Fsp3) is 0.125. The fourth-order valence-corrected chi connectivity index (χ4v) is 1.57. The van der Waals surface area contributed by atoms with Crippen molar-refractivity contribution in [2.24, 2.45) is 0 Å². The van der Waals surface area contributed by atoms with Gasteiger partial charge in [0, 0.05) is 0 Å². The first-order chi connectivity index (χ1) is 6.07. The molecular formula is C8H7BrO4. The van der Waals surface area contributed by atoms with Gasteiger partial charge in [-0.3, -0.25) is 0 Å². The molecule has 0 atom stereocenters. The number of aromatic hydroxyl groups is 1. The highest BCUT2D eigenvalue weighted by Gasteiger charge is 2.17. The number of carbonyl (C=O) groups is 1. The van der Waals surface area contributed by atoms with Crippen molar-refractivity contribution in [1.82, 2.24) is 0 Å². The van der Waals surface area contributed by atoms with Gasteiger partial charge in [0.1, 0.15) is 17.1 Å². The zero-order chi connectivity index (χ0) is 10.0. The number of benzene rings is 1. The number of hydrogen-bond donors (Lipinski definition) is 2. The summed E-state index contributed by atoms with van der Waals surface area (Å²) < 4.78 is 5.11. The number of phenols is 1. The molecule has 0 unspecified atom stereocenters. The van der Waals surface area contributed by atoms with Crippen molar-refractivity contribution in [3.05, 3.63) is 22.2 Å². The van der Waals surface area contributed by atoms with E-state index in [1.807, 2.05) is 0 Å². The van der Waals surface area contributed by atoms with Gasteiger partial charge in [-0.1, -0.05) is 0 Å². The van der Waals surface area contributed by atoms with Crippen LogP contribution in [0.5, 0.6) is 11.5 Å². The number of halogens is 1. The standard InChI is InChI=1S/C8H7BrO4/c1-13-5-3-2-4(10)6(7(5)9)8(11)12/h2-3,10H,1H3,(H,11,12). The summed E-state index contributed by atoms with van der Waals surface area (Å²) in [6.07, 6.45) is 0. The van der Waals surface area contributed by atoms with E-state index in [1.165, 1.54) is 19.2 Å². The smallest absolute Gasteiger partial charge is 0.340 e. The minimum absolute atomic E-state index is 0.195. The van der Waals surface area contributed by atoms with Crippen LogP contribution in [0.3, 0.4) is 0 Å². The molecule has 0 aliphatic carbocycles. The van der Waals surface area contributed by atoms with Crippen molar-refractivity contribution < 1.29 is 19.7 Å². The van der Waals surface area contributed by atoms with Crippen LogP contribution in [-0.2, 0) is 0 Å². The lowest BCUT2D eigenvalue weighted by Crippen LogP contribution is -1.99. The quantitative estimate of drug-likeness (QED) is 0.836. The van der Waals surface area contributed by atoms with Crippen molar-refractivity contribution in [2.75, 3.05) is 7.11 Å². The molecule has 0 radical (unpaired) electrons. The molecule has 0 aromatic heterocycles. The first kappa shape index (κ1) is 9.85. The van der Waals surface area contributed by atoms with Crippen LogP contribution in [0.1, 0.15) is 10.4 Å². The Hall–Kier alpha value is -1.23. The average molecular weight is 247 g/mol. The predicted molar refractivity (Wildman–Crippen MR) is 49.3 cm³/mol. The maximum absolute atomic E-state index is 10.7. The lowest BCUT2D eigenvalue weighted by atomic mass is 10.2. The topological polar surface area (TPSA) is 66.8 Å². The van der Waals surface area contributed by atoms with Gasteiger partial charge in [0.25, 0.3) is 0 Å². The van der Waals surface area contributed by atoms with Gasteiger partial charge >= 0.3 is 5.97 Å². The molecule has 4 nitrogen and oxygen atoms in total. The molecule has 1 aromatic rings. The molecule has 0 saturated carbocycles. The Morgan fingerprint density at radius 2 is 2.15 bits per heavy atom. The summed E-state index contributed by atoms with van der Waals surface area (Å²) in [7, 11) is 1.42. The maximum Gasteiger partial charge on any atom is 0.340 e. The van der Waals surface area contributed by atoms with Crippen molar-refractivity contribution in [1.29, 1.82) is 0 Å². The third-order valence-electron chi connectivity index (χ3n) is 1.52. The van der Waals surface area contributed by atoms with E-state index in [2.05, 4.69) is 15.9 Å². The first-order valence-corrected chi connectivity index (χ1v) is 4.16. The Balaban J connectivity index is 3.38. The molecule has 0 bridgehead atoms. The summed E-state index contributed by atoms with van der Waals surface area (Å²) in [5, 5.41) is 17.9. The van der Waals surface area contributed by atoms with Gasteiger partial charge in [-0.15, -0.1) is 0 Å². The molecule has 2 N–H and O–H groups in total. The maximum atomic E-state index is 10.7. The number of methoxy groups -OCH3 is 1. The Kier molecular flexibility index (Phi) is 2.77. The molecule has 1 aromatic carbocycles. The van der Waals surface area contributed by atoms with Crippen molar-refractivity contribution in [3.63, 3.8) is 0 Å².